The van der Waals surface area contributed by atoms with Gasteiger partial charge >= 0.3 is 0 Å². The number of benzene rings is 1. The van der Waals surface area contributed by atoms with Gasteiger partial charge in [-0.3, -0.25) is 4.79 Å². The number of nitrogens with two attached hydrogens (primary N) is 1. The van der Waals surface area contributed by atoms with Gasteiger partial charge in [0.25, 0.3) is 5.91 Å². The Morgan fingerprint density at radius 2 is 2.29 bits per heavy atom. The summed E-state index contributed by atoms with van der Waals surface area (Å²) in [5.74, 6) is 1.59. The summed E-state index contributed by atoms with van der Waals surface area (Å²) < 4.78 is 2.93. The average molecular weight is 350 g/mol. The lowest BCUT2D eigenvalue weighted by Gasteiger charge is -2.15. The van der Waals surface area contributed by atoms with Crippen molar-refractivity contribution in [2.45, 2.75) is 32.4 Å². The molecule has 6 nitrogen and oxygen atoms in total. The van der Waals surface area contributed by atoms with Gasteiger partial charge < -0.3 is 15.6 Å². The minimum absolute atomic E-state index is 0.206. The van der Waals surface area contributed by atoms with Crippen LogP contribution in [0.2, 0.25) is 0 Å². The van der Waals surface area contributed by atoms with Crippen LogP contribution in [-0.2, 0) is 13.0 Å². The number of amides is 1. The number of aryl methyl sites for hydroxylation is 1. The van der Waals surface area contributed by atoms with Gasteiger partial charge in [0.05, 0.1) is 11.6 Å². The van der Waals surface area contributed by atoms with E-state index in [1.54, 1.807) is 18.2 Å². The van der Waals surface area contributed by atoms with Crippen LogP contribution in [0, 0.1) is 0 Å². The molecule has 21 heavy (non-hydrogen) atoms. The molecular weight excluding hydrogens is 334 g/mol. The van der Waals surface area contributed by atoms with Crippen LogP contribution in [0.4, 0.5) is 5.69 Å². The summed E-state index contributed by atoms with van der Waals surface area (Å²) in [7, 11) is 0. The predicted octanol–water partition coefficient (Wildman–Crippen LogP) is 2.06. The molecule has 1 aromatic heterocycles. The fourth-order valence-electron chi connectivity index (χ4n) is 2.57. The van der Waals surface area contributed by atoms with Crippen molar-refractivity contribution in [3.63, 3.8) is 0 Å². The molecule has 0 spiro atoms. The largest absolute Gasteiger partial charge is 0.398 e. The minimum atomic E-state index is -0.208. The molecule has 1 amide bonds. The Hall–Kier alpha value is -1.89. The first-order chi connectivity index (χ1) is 10.1. The third-order valence-corrected chi connectivity index (χ3v) is 4.12. The van der Waals surface area contributed by atoms with Crippen molar-refractivity contribution in [2.75, 3.05) is 5.73 Å². The lowest BCUT2D eigenvalue weighted by atomic mass is 10.1. The number of carbonyl (C=O) groups is 1. The zero-order valence-electron chi connectivity index (χ0n) is 11.6. The molecule has 3 N–H and O–H groups in total. The summed E-state index contributed by atoms with van der Waals surface area (Å²) >= 11 is 3.33. The molecule has 0 fully saturated rings. The lowest BCUT2D eigenvalue weighted by molar-refractivity contribution is 0.0938. The van der Waals surface area contributed by atoms with Gasteiger partial charge in [0, 0.05) is 23.1 Å². The predicted molar refractivity (Wildman–Crippen MR) is 82.8 cm³/mol. The highest BCUT2D eigenvalue weighted by atomic mass is 79.9. The Morgan fingerprint density at radius 1 is 1.48 bits per heavy atom. The van der Waals surface area contributed by atoms with Gasteiger partial charge in [-0.2, -0.15) is 0 Å². The highest BCUT2D eigenvalue weighted by Gasteiger charge is 2.23. The second kappa shape index (κ2) is 5.48. The monoisotopic (exact) mass is 349 g/mol. The van der Waals surface area contributed by atoms with E-state index in [1.165, 1.54) is 0 Å². The molecule has 2 aromatic rings. The van der Waals surface area contributed by atoms with E-state index in [2.05, 4.69) is 36.0 Å². The van der Waals surface area contributed by atoms with Crippen LogP contribution in [-0.4, -0.2) is 20.7 Å². The van der Waals surface area contributed by atoms with Crippen LogP contribution < -0.4 is 11.1 Å². The molecule has 0 saturated carbocycles. The molecule has 1 unspecified atom stereocenters. The molecule has 1 aromatic carbocycles. The number of aromatic nitrogens is 3. The highest BCUT2D eigenvalue weighted by molar-refractivity contribution is 9.10. The first kappa shape index (κ1) is 14.1. The Bertz CT molecular complexity index is 697. The van der Waals surface area contributed by atoms with Crippen molar-refractivity contribution >= 4 is 27.5 Å². The number of rotatable bonds is 3. The molecule has 7 heteroatoms. The number of halogens is 1. The van der Waals surface area contributed by atoms with E-state index in [-0.39, 0.29) is 11.9 Å². The van der Waals surface area contributed by atoms with Crippen LogP contribution in [0.1, 0.15) is 41.4 Å². The molecule has 3 rings (SSSR count). The van der Waals surface area contributed by atoms with Gasteiger partial charge in [0.2, 0.25) is 0 Å². The van der Waals surface area contributed by atoms with Crippen molar-refractivity contribution in [2.24, 2.45) is 0 Å². The maximum atomic E-state index is 12.3. The second-order valence-electron chi connectivity index (χ2n) is 5.16. The summed E-state index contributed by atoms with van der Waals surface area (Å²) in [6.45, 7) is 2.82. The molecule has 0 bridgehead atoms. The van der Waals surface area contributed by atoms with E-state index in [9.17, 15) is 4.79 Å². The third-order valence-electron chi connectivity index (χ3n) is 3.63. The van der Waals surface area contributed by atoms with Gasteiger partial charge in [-0.05, 0) is 31.5 Å². The third kappa shape index (κ3) is 2.65. The lowest BCUT2D eigenvalue weighted by Crippen LogP contribution is -2.29. The van der Waals surface area contributed by atoms with Crippen molar-refractivity contribution in [3.8, 4) is 0 Å². The normalized spacial score (nSPS) is 14.8. The number of nitrogens with zero attached hydrogens (tertiary/aromatic N) is 3. The Kier molecular flexibility index (Phi) is 3.67. The quantitative estimate of drug-likeness (QED) is 0.830. The van der Waals surface area contributed by atoms with Crippen LogP contribution in [0.3, 0.4) is 0 Å². The summed E-state index contributed by atoms with van der Waals surface area (Å²) in [6, 6.07) is 5.01. The molecule has 1 atom stereocenters. The van der Waals surface area contributed by atoms with Crippen LogP contribution in [0.5, 0.6) is 0 Å². The minimum Gasteiger partial charge on any atom is -0.398 e. The summed E-state index contributed by atoms with van der Waals surface area (Å²) in [6.07, 6.45) is 2.03. The zero-order valence-corrected chi connectivity index (χ0v) is 13.2. The van der Waals surface area contributed by atoms with Crippen molar-refractivity contribution in [1.82, 2.24) is 20.1 Å². The molecule has 2 heterocycles. The Balaban J connectivity index is 1.77. The van der Waals surface area contributed by atoms with Gasteiger partial charge in [-0.1, -0.05) is 15.9 Å². The fourth-order valence-corrected chi connectivity index (χ4v) is 2.95. The van der Waals surface area contributed by atoms with Crippen LogP contribution in [0.15, 0.2) is 22.7 Å². The molecule has 1 aliphatic heterocycles. The summed E-state index contributed by atoms with van der Waals surface area (Å²) in [5.41, 5.74) is 6.79. The van der Waals surface area contributed by atoms with E-state index in [0.29, 0.717) is 11.3 Å². The topological polar surface area (TPSA) is 85.8 Å². The zero-order chi connectivity index (χ0) is 15.0. The first-order valence-corrected chi connectivity index (χ1v) is 7.63. The molecule has 0 radical (unpaired) electrons. The number of nitrogen functional groups attached to an aromatic ring is 1. The molecule has 0 saturated heterocycles. The standard InChI is InChI=1S/C14H16BrN5O/c1-8(13-19-18-12-3-2-6-20(12)13)17-14(21)10-5-4-9(15)7-11(10)16/h4-5,7-8H,2-3,6,16H2,1H3,(H,17,21). The number of hydrogen-bond acceptors (Lipinski definition) is 4. The van der Waals surface area contributed by atoms with E-state index in [4.69, 9.17) is 5.73 Å². The maximum Gasteiger partial charge on any atom is 0.253 e. The Morgan fingerprint density at radius 3 is 3.05 bits per heavy atom. The fraction of sp³-hybridized carbons (Fsp3) is 0.357. The van der Waals surface area contributed by atoms with Gasteiger partial charge in [-0.25, -0.2) is 0 Å². The molecule has 110 valence electrons. The Labute approximate surface area is 130 Å². The SMILES string of the molecule is CC(NC(=O)c1ccc(Br)cc1N)c1nnc2n1CCC2. The number of nitrogens with one attached hydrogen (secondary N) is 1. The summed E-state index contributed by atoms with van der Waals surface area (Å²) in [4.78, 5) is 12.3. The molecule has 1 aliphatic rings. The van der Waals surface area contributed by atoms with Gasteiger partial charge in [0.1, 0.15) is 5.82 Å². The van der Waals surface area contributed by atoms with Crippen LogP contribution in [0.25, 0.3) is 0 Å². The van der Waals surface area contributed by atoms with Gasteiger partial charge in [-0.15, -0.1) is 10.2 Å². The maximum absolute atomic E-state index is 12.3. The van der Waals surface area contributed by atoms with E-state index in [0.717, 1.165) is 35.5 Å². The van der Waals surface area contributed by atoms with Crippen molar-refractivity contribution in [3.05, 3.63) is 39.9 Å². The van der Waals surface area contributed by atoms with Crippen LogP contribution >= 0.6 is 15.9 Å². The number of hydrogen-bond donors (Lipinski definition) is 2. The van der Waals surface area contributed by atoms with Crippen molar-refractivity contribution < 1.29 is 4.79 Å². The smallest absolute Gasteiger partial charge is 0.253 e. The highest BCUT2D eigenvalue weighted by Crippen LogP contribution is 2.21. The van der Waals surface area contributed by atoms with Gasteiger partial charge in [0.15, 0.2) is 5.82 Å². The van der Waals surface area contributed by atoms with E-state index < -0.39 is 0 Å². The summed E-state index contributed by atoms with van der Waals surface area (Å²) in [5, 5.41) is 11.3. The number of anilines is 1. The molecular formula is C14H16BrN5O. The first-order valence-electron chi connectivity index (χ1n) is 6.84. The van der Waals surface area contributed by atoms with Crippen molar-refractivity contribution in [1.29, 1.82) is 0 Å². The second-order valence-corrected chi connectivity index (χ2v) is 6.07. The van der Waals surface area contributed by atoms with E-state index >= 15 is 0 Å². The number of carbonyl (C=O) groups excluding carboxylic acids is 1. The van der Waals surface area contributed by atoms with E-state index in [1.807, 2.05) is 6.92 Å². The molecule has 0 aliphatic carbocycles. The average Bonchev–Trinajstić information content (AvgIpc) is 3.00. The number of fused-ring (bicyclic) bond motifs is 1.